The molecule has 3 aliphatic rings. The van der Waals surface area contributed by atoms with E-state index in [0.717, 1.165) is 23.8 Å². The first-order valence-corrected chi connectivity index (χ1v) is 16.8. The minimum absolute atomic E-state index is 0.121. The first-order valence-electron chi connectivity index (χ1n) is 11.5. The third-order valence-electron chi connectivity index (χ3n) is 6.64. The molecule has 0 bridgehead atoms. The second kappa shape index (κ2) is 9.22. The summed E-state index contributed by atoms with van der Waals surface area (Å²) in [5, 5.41) is 13.2. The maximum atomic E-state index is 15.0. The van der Waals surface area contributed by atoms with E-state index in [1.807, 2.05) is 0 Å². The summed E-state index contributed by atoms with van der Waals surface area (Å²) in [7, 11) is -1.34. The Morgan fingerprint density at radius 1 is 1.38 bits per heavy atom. The predicted molar refractivity (Wildman–Crippen MR) is 137 cm³/mol. The minimum atomic E-state index is -1.34. The van der Waals surface area contributed by atoms with Crippen molar-refractivity contribution in [2.45, 2.75) is 68.2 Å². The number of rotatable bonds is 8. The van der Waals surface area contributed by atoms with E-state index in [1.54, 1.807) is 19.1 Å². The van der Waals surface area contributed by atoms with E-state index in [4.69, 9.17) is 9.73 Å². The van der Waals surface area contributed by atoms with Crippen LogP contribution in [0.4, 0.5) is 9.18 Å². The Morgan fingerprint density at radius 2 is 2.09 bits per heavy atom. The van der Waals surface area contributed by atoms with E-state index in [1.165, 1.54) is 17.8 Å². The SMILES string of the molecule is C[C@]1(c2cc(Br)ccc2F)N=C(N(COCC[Si](C)(C)C)C(=O)O)S[C@@]2(C(=O)NC3CC3)C[C@H]21. The molecule has 1 aromatic rings. The molecule has 4 rings (SSSR count). The Kier molecular flexibility index (Phi) is 6.95. The third-order valence-corrected chi connectivity index (χ3v) is 10.3. The number of amides is 2. The number of thioether (sulfide) groups is 1. The molecule has 1 aromatic carbocycles. The Morgan fingerprint density at radius 3 is 2.71 bits per heavy atom. The van der Waals surface area contributed by atoms with E-state index in [9.17, 15) is 14.7 Å². The maximum absolute atomic E-state index is 15.0. The fourth-order valence-electron chi connectivity index (χ4n) is 4.28. The second-order valence-corrected chi connectivity index (χ2v) is 18.6. The van der Waals surface area contributed by atoms with Gasteiger partial charge in [0.15, 0.2) is 5.17 Å². The van der Waals surface area contributed by atoms with Gasteiger partial charge in [0.05, 0.1) is 5.54 Å². The lowest BCUT2D eigenvalue weighted by molar-refractivity contribution is -0.121. The van der Waals surface area contributed by atoms with Gasteiger partial charge in [0.25, 0.3) is 0 Å². The molecule has 0 spiro atoms. The monoisotopic (exact) mass is 571 g/mol. The van der Waals surface area contributed by atoms with E-state index < -0.39 is 30.3 Å². The van der Waals surface area contributed by atoms with Crippen molar-refractivity contribution in [2.75, 3.05) is 13.3 Å². The van der Waals surface area contributed by atoms with Gasteiger partial charge in [-0.2, -0.15) is 0 Å². The second-order valence-electron chi connectivity index (χ2n) is 10.7. The number of carboxylic acid groups (broad SMARTS) is 1. The van der Waals surface area contributed by atoms with Crippen LogP contribution in [-0.2, 0) is 15.1 Å². The van der Waals surface area contributed by atoms with Crippen LogP contribution < -0.4 is 5.32 Å². The average Bonchev–Trinajstić information content (AvgIpc) is 3.64. The smallest absolute Gasteiger partial charge is 0.415 e. The molecule has 3 atom stereocenters. The molecule has 2 amide bonds. The maximum Gasteiger partial charge on any atom is 0.415 e. The molecule has 2 fully saturated rings. The zero-order valence-corrected chi connectivity index (χ0v) is 23.3. The van der Waals surface area contributed by atoms with Gasteiger partial charge in [-0.3, -0.25) is 9.79 Å². The molecule has 0 saturated heterocycles. The first-order chi connectivity index (χ1) is 15.9. The summed E-state index contributed by atoms with van der Waals surface area (Å²) in [4.78, 5) is 31.4. The fraction of sp³-hybridized carbons (Fsp3) is 0.609. The van der Waals surface area contributed by atoms with Gasteiger partial charge in [-0.15, -0.1) is 0 Å². The van der Waals surface area contributed by atoms with Gasteiger partial charge < -0.3 is 15.2 Å². The van der Waals surface area contributed by atoms with Crippen LogP contribution in [0.5, 0.6) is 0 Å². The molecule has 0 radical (unpaired) electrons. The predicted octanol–water partition coefficient (Wildman–Crippen LogP) is 5.24. The van der Waals surface area contributed by atoms with Crippen molar-refractivity contribution in [3.8, 4) is 0 Å². The highest BCUT2D eigenvalue weighted by atomic mass is 79.9. The molecule has 1 heterocycles. The summed E-state index contributed by atoms with van der Waals surface area (Å²) in [5.74, 6) is -0.805. The zero-order chi connectivity index (χ0) is 24.9. The Hall–Kier alpha value is -1.43. The van der Waals surface area contributed by atoms with E-state index in [-0.39, 0.29) is 29.8 Å². The molecule has 7 nitrogen and oxygen atoms in total. The van der Waals surface area contributed by atoms with E-state index >= 15 is 4.39 Å². The molecule has 186 valence electrons. The number of hydrogen-bond acceptors (Lipinski definition) is 5. The van der Waals surface area contributed by atoms with Crippen molar-refractivity contribution in [2.24, 2.45) is 10.9 Å². The largest absolute Gasteiger partial charge is 0.465 e. The summed E-state index contributed by atoms with van der Waals surface area (Å²) in [6.07, 6.45) is 1.17. The number of hydrogen-bond donors (Lipinski definition) is 2. The number of amidine groups is 1. The highest BCUT2D eigenvalue weighted by Gasteiger charge is 2.71. The van der Waals surface area contributed by atoms with Crippen molar-refractivity contribution >= 4 is 52.9 Å². The van der Waals surface area contributed by atoms with Crippen LogP contribution in [-0.4, -0.2) is 59.4 Å². The van der Waals surface area contributed by atoms with Crippen LogP contribution in [0.2, 0.25) is 25.7 Å². The van der Waals surface area contributed by atoms with Crippen LogP contribution in [0, 0.1) is 11.7 Å². The number of carbonyl (C=O) groups is 2. The summed E-state index contributed by atoms with van der Waals surface area (Å²) >= 11 is 4.58. The highest BCUT2D eigenvalue weighted by molar-refractivity contribution is 9.10. The first kappa shape index (κ1) is 25.7. The van der Waals surface area contributed by atoms with Gasteiger partial charge in [-0.1, -0.05) is 47.3 Å². The normalized spacial score (nSPS) is 28.1. The number of ether oxygens (including phenoxy) is 1. The summed E-state index contributed by atoms with van der Waals surface area (Å²) in [6, 6.07) is 5.71. The Labute approximate surface area is 213 Å². The molecule has 34 heavy (non-hydrogen) atoms. The van der Waals surface area contributed by atoms with E-state index in [0.29, 0.717) is 23.1 Å². The highest BCUT2D eigenvalue weighted by Crippen LogP contribution is 2.67. The molecule has 2 aliphatic carbocycles. The van der Waals surface area contributed by atoms with Crippen molar-refractivity contribution < 1.29 is 23.8 Å². The molecule has 1 aliphatic heterocycles. The van der Waals surface area contributed by atoms with E-state index in [2.05, 4.69) is 40.9 Å². The molecular weight excluding hydrogens is 541 g/mol. The summed E-state index contributed by atoms with van der Waals surface area (Å²) < 4.78 is 20.6. The lowest BCUT2D eigenvalue weighted by Crippen LogP contribution is -2.48. The standard InChI is InChI=1S/C23H31BrFN3O4SSi/c1-22(16-11-14(24)5-8-17(16)25)18-12-23(18,19(29)26-15-6-7-15)33-20(27-22)28(21(30)31)13-32-9-10-34(2,3)4/h5,8,11,15,18H,6-7,9-10,12-13H2,1-4H3,(H,26,29)(H,30,31)/t18-,22+,23-/m0/s1. The van der Waals surface area contributed by atoms with Crippen LogP contribution in [0.1, 0.15) is 31.7 Å². The molecule has 2 N–H and O–H groups in total. The van der Waals surface area contributed by atoms with Crippen molar-refractivity contribution in [1.82, 2.24) is 10.2 Å². The zero-order valence-electron chi connectivity index (χ0n) is 19.9. The van der Waals surface area contributed by atoms with Crippen LogP contribution >= 0.6 is 27.7 Å². The summed E-state index contributed by atoms with van der Waals surface area (Å²) in [5.41, 5.74) is -0.753. The van der Waals surface area contributed by atoms with Crippen LogP contribution in [0.3, 0.4) is 0 Å². The van der Waals surface area contributed by atoms with Gasteiger partial charge in [0.1, 0.15) is 17.3 Å². The van der Waals surface area contributed by atoms with Crippen molar-refractivity contribution in [1.29, 1.82) is 0 Å². The molecule has 2 saturated carbocycles. The number of aliphatic imine (C=N–C) groups is 1. The van der Waals surface area contributed by atoms with Crippen LogP contribution in [0.15, 0.2) is 27.7 Å². The molecule has 0 aromatic heterocycles. The number of fused-ring (bicyclic) bond motifs is 1. The quantitative estimate of drug-likeness (QED) is 0.253. The lowest BCUT2D eigenvalue weighted by atomic mass is 9.85. The van der Waals surface area contributed by atoms with Crippen molar-refractivity contribution in [3.63, 3.8) is 0 Å². The molecular formula is C23H31BrFN3O4SSi. The fourth-order valence-corrected chi connectivity index (χ4v) is 6.97. The van der Waals surface area contributed by atoms with Crippen molar-refractivity contribution in [3.05, 3.63) is 34.1 Å². The van der Waals surface area contributed by atoms with Gasteiger partial charge in [-0.05, 0) is 50.4 Å². The summed E-state index contributed by atoms with van der Waals surface area (Å²) in [6.45, 7) is 8.72. The minimum Gasteiger partial charge on any atom is -0.465 e. The van der Waals surface area contributed by atoms with Gasteiger partial charge >= 0.3 is 6.09 Å². The number of nitrogens with one attached hydrogen (secondary N) is 1. The lowest BCUT2D eigenvalue weighted by Gasteiger charge is -2.36. The molecule has 0 unspecified atom stereocenters. The van der Waals surface area contributed by atoms with Gasteiger partial charge in [0.2, 0.25) is 5.91 Å². The average molecular weight is 573 g/mol. The topological polar surface area (TPSA) is 91.2 Å². The van der Waals surface area contributed by atoms with Crippen LogP contribution in [0.25, 0.3) is 0 Å². The number of halogens is 2. The molecule has 11 heteroatoms. The number of benzene rings is 1. The Balaban J connectivity index is 1.67. The third kappa shape index (κ3) is 5.22. The van der Waals surface area contributed by atoms with Gasteiger partial charge in [-0.25, -0.2) is 14.1 Å². The number of nitrogens with zero attached hydrogens (tertiary/aromatic N) is 2. The number of carbonyl (C=O) groups excluding carboxylic acids is 1. The Bertz CT molecular complexity index is 1030. The van der Waals surface area contributed by atoms with Gasteiger partial charge in [0, 0.05) is 36.7 Å².